The highest BCUT2D eigenvalue weighted by atomic mass is 31.2. The monoisotopic (exact) mass is 673 g/mol. The third-order valence-corrected chi connectivity index (χ3v) is 8.79. The van der Waals surface area contributed by atoms with E-state index in [1.807, 2.05) is 61.8 Å². The zero-order valence-electron chi connectivity index (χ0n) is 26.3. The van der Waals surface area contributed by atoms with Crippen LogP contribution in [-0.2, 0) is 40.7 Å². The quantitative estimate of drug-likeness (QED) is 0.170. The maximum Gasteiger partial charge on any atom is 0.524 e. The van der Waals surface area contributed by atoms with E-state index in [-0.39, 0.29) is 56.7 Å². The van der Waals surface area contributed by atoms with Crippen LogP contribution in [0.5, 0.6) is 5.75 Å². The maximum atomic E-state index is 14.4. The first-order valence-corrected chi connectivity index (χ1v) is 16.9. The molecule has 4 amide bonds. The molecule has 6 rings (SSSR count). The van der Waals surface area contributed by atoms with Crippen molar-refractivity contribution in [3.63, 3.8) is 0 Å². The minimum atomic E-state index is -4.76. The minimum absolute atomic E-state index is 0.0413. The van der Waals surface area contributed by atoms with Gasteiger partial charge in [0.2, 0.25) is 11.8 Å². The number of aryl methyl sites for hydroxylation is 1. The average Bonchev–Trinajstić information content (AvgIpc) is 3.44. The van der Waals surface area contributed by atoms with Crippen molar-refractivity contribution in [2.24, 2.45) is 7.05 Å². The molecule has 1 aromatic heterocycles. The molecule has 2 aliphatic rings. The zero-order valence-corrected chi connectivity index (χ0v) is 27.1. The molecule has 2 fully saturated rings. The predicted octanol–water partition coefficient (Wildman–Crippen LogP) is 2.78. The smallest absolute Gasteiger partial charge is 0.404 e. The second-order valence-corrected chi connectivity index (χ2v) is 12.9. The number of hydrogen-bond acceptors (Lipinski definition) is 7. The van der Waals surface area contributed by atoms with Crippen LogP contribution in [-0.4, -0.2) is 89.1 Å². The number of nitrogens with zero attached hydrogens (tertiary/aromatic N) is 6. The van der Waals surface area contributed by atoms with Crippen LogP contribution in [0.1, 0.15) is 16.7 Å². The van der Waals surface area contributed by atoms with Gasteiger partial charge in [-0.25, -0.2) is 19.4 Å². The third kappa shape index (κ3) is 7.11. The fourth-order valence-electron chi connectivity index (χ4n) is 6.30. The number of hydrogen-bond donors (Lipinski definition) is 3. The first-order chi connectivity index (χ1) is 23.0. The zero-order chi connectivity index (χ0) is 34.0. The van der Waals surface area contributed by atoms with E-state index >= 15 is 0 Å². The molecule has 14 nitrogen and oxygen atoms in total. The van der Waals surface area contributed by atoms with E-state index in [1.165, 1.54) is 22.0 Å². The number of urea groups is 1. The molecule has 3 aromatic carbocycles. The van der Waals surface area contributed by atoms with E-state index in [0.717, 1.165) is 22.0 Å². The summed E-state index contributed by atoms with van der Waals surface area (Å²) in [5.74, 6) is -0.662. The molecule has 0 aliphatic carbocycles. The van der Waals surface area contributed by atoms with Gasteiger partial charge in [0.25, 0.3) is 0 Å². The van der Waals surface area contributed by atoms with Crippen molar-refractivity contribution in [3.05, 3.63) is 108 Å². The Morgan fingerprint density at radius 1 is 1.06 bits per heavy atom. The average molecular weight is 674 g/mol. The molecule has 48 heavy (non-hydrogen) atoms. The number of benzene rings is 3. The van der Waals surface area contributed by atoms with Gasteiger partial charge in [-0.05, 0) is 28.8 Å². The summed E-state index contributed by atoms with van der Waals surface area (Å²) in [6.07, 6.45) is 2.76. The molecule has 2 aliphatic heterocycles. The summed E-state index contributed by atoms with van der Waals surface area (Å²) < 4.78 is 17.7. The van der Waals surface area contributed by atoms with Crippen molar-refractivity contribution in [1.29, 1.82) is 0 Å². The van der Waals surface area contributed by atoms with Crippen LogP contribution in [0, 0.1) is 0 Å². The molecule has 15 heteroatoms. The summed E-state index contributed by atoms with van der Waals surface area (Å²) in [6.45, 7) is 4.41. The Morgan fingerprint density at radius 2 is 1.81 bits per heavy atom. The Balaban J connectivity index is 1.35. The number of aromatic nitrogens is 2. The maximum absolute atomic E-state index is 14.4. The van der Waals surface area contributed by atoms with Gasteiger partial charge in [0.1, 0.15) is 18.0 Å². The van der Waals surface area contributed by atoms with Gasteiger partial charge in [0.05, 0.1) is 18.6 Å². The lowest BCUT2D eigenvalue weighted by atomic mass is 9.98. The van der Waals surface area contributed by atoms with Crippen LogP contribution in [0.4, 0.5) is 4.79 Å². The topological polar surface area (TPSA) is 161 Å². The number of amides is 4. The Bertz CT molecular complexity index is 1880. The largest absolute Gasteiger partial charge is 0.524 e. The van der Waals surface area contributed by atoms with Crippen LogP contribution in [0.25, 0.3) is 10.9 Å². The first kappa shape index (κ1) is 32.9. The number of phosphoric acid groups is 1. The van der Waals surface area contributed by atoms with Crippen LogP contribution >= 0.6 is 7.82 Å². The van der Waals surface area contributed by atoms with Gasteiger partial charge in [-0.2, -0.15) is 5.10 Å². The van der Waals surface area contributed by atoms with Crippen LogP contribution in [0.2, 0.25) is 0 Å². The highest BCUT2D eigenvalue weighted by molar-refractivity contribution is 7.46. The van der Waals surface area contributed by atoms with Crippen LogP contribution in [0.3, 0.4) is 0 Å². The highest BCUT2D eigenvalue weighted by Crippen LogP contribution is 2.38. The number of fused-ring (bicyclic) bond motifs is 2. The lowest BCUT2D eigenvalue weighted by molar-refractivity contribution is -0.189. The summed E-state index contributed by atoms with van der Waals surface area (Å²) >= 11 is 0. The van der Waals surface area contributed by atoms with Gasteiger partial charge in [-0.1, -0.05) is 66.7 Å². The van der Waals surface area contributed by atoms with Crippen molar-refractivity contribution < 1.29 is 33.3 Å². The Hall–Kier alpha value is -5.01. The molecule has 0 radical (unpaired) electrons. The molecule has 0 spiro atoms. The van der Waals surface area contributed by atoms with Gasteiger partial charge in [0.15, 0.2) is 0 Å². The number of nitrogens with one attached hydrogen (secondary N) is 1. The molecule has 0 saturated carbocycles. The van der Waals surface area contributed by atoms with E-state index in [4.69, 9.17) is 0 Å². The molecule has 250 valence electrons. The van der Waals surface area contributed by atoms with Gasteiger partial charge < -0.3 is 19.6 Å². The Morgan fingerprint density at radius 3 is 2.52 bits per heavy atom. The minimum Gasteiger partial charge on any atom is -0.404 e. The van der Waals surface area contributed by atoms with E-state index < -0.39 is 26.1 Å². The van der Waals surface area contributed by atoms with Gasteiger partial charge in [0, 0.05) is 44.7 Å². The molecule has 2 saturated heterocycles. The van der Waals surface area contributed by atoms with Gasteiger partial charge >= 0.3 is 13.9 Å². The summed E-state index contributed by atoms with van der Waals surface area (Å²) in [5.41, 5.74) is 3.09. The Kier molecular flexibility index (Phi) is 9.33. The molecular formula is C33H36N7O7P. The first-order valence-electron chi connectivity index (χ1n) is 15.3. The lowest BCUT2D eigenvalue weighted by Gasteiger charge is -2.55. The van der Waals surface area contributed by atoms with Crippen LogP contribution in [0.15, 0.2) is 91.6 Å². The van der Waals surface area contributed by atoms with E-state index in [0.29, 0.717) is 5.56 Å². The number of carbonyl (C=O) groups is 3. The van der Waals surface area contributed by atoms with E-state index in [2.05, 4.69) is 21.5 Å². The van der Waals surface area contributed by atoms with E-state index in [9.17, 15) is 28.7 Å². The fraction of sp³-hybridized carbons (Fsp3) is 0.273. The number of carbonyl (C=O) groups excluding carboxylic acids is 3. The summed E-state index contributed by atoms with van der Waals surface area (Å²) in [6, 6.07) is 19.8. The van der Waals surface area contributed by atoms with Crippen molar-refractivity contribution in [2.75, 3.05) is 19.6 Å². The Labute approximate surface area is 277 Å². The third-order valence-electron chi connectivity index (χ3n) is 8.34. The fourth-order valence-corrected chi connectivity index (χ4v) is 6.70. The van der Waals surface area contributed by atoms with Gasteiger partial charge in [-0.15, -0.1) is 6.58 Å². The van der Waals surface area contributed by atoms with Crippen LogP contribution < -0.4 is 9.84 Å². The molecule has 2 unspecified atom stereocenters. The molecule has 0 bridgehead atoms. The molecular weight excluding hydrogens is 637 g/mol. The number of piperazine rings is 1. The standard InChI is InChI=1S/C33H36N7O7P/c1-3-16-38-22-30(41)39-28(17-23-12-14-27(15-13-23)47-48(44,45)46)32(42)37(20-26-11-7-10-25-19-36(2)35-31(25)26)21-29(39)40(38)33(43)34-18-24-8-5-4-6-9-24/h3-15,19,28-29H,1,16-18,20-22H2,2H3,(H,34,43)(H2,44,45,46). The molecule has 3 heterocycles. The highest BCUT2D eigenvalue weighted by Gasteiger charge is 2.51. The lowest BCUT2D eigenvalue weighted by Crippen LogP contribution is -2.76. The molecule has 4 aromatic rings. The summed E-state index contributed by atoms with van der Waals surface area (Å²) in [7, 11) is -2.94. The predicted molar refractivity (Wildman–Crippen MR) is 176 cm³/mol. The van der Waals surface area contributed by atoms with Crippen molar-refractivity contribution >= 4 is 36.6 Å². The van der Waals surface area contributed by atoms with Crippen molar-refractivity contribution in [2.45, 2.75) is 31.7 Å². The second kappa shape index (κ2) is 13.6. The summed E-state index contributed by atoms with van der Waals surface area (Å²) in [4.78, 5) is 63.7. The van der Waals surface area contributed by atoms with E-state index in [1.54, 1.807) is 32.8 Å². The van der Waals surface area contributed by atoms with Gasteiger partial charge in [-0.3, -0.25) is 24.1 Å². The molecule has 2 atom stereocenters. The number of phosphoric ester groups is 1. The number of rotatable bonds is 10. The second-order valence-electron chi connectivity index (χ2n) is 11.7. The van der Waals surface area contributed by atoms with Crippen molar-refractivity contribution in [3.8, 4) is 5.75 Å². The number of hydrazine groups is 1. The summed E-state index contributed by atoms with van der Waals surface area (Å²) in [5, 5.41) is 11.6. The SMILES string of the molecule is C=CCN1CC(=O)N2C(Cc3ccc(OP(=O)(O)O)cc3)C(=O)N(Cc3cccc4cn(C)nc34)CC2N1C(=O)NCc1ccccc1. The molecule has 3 N–H and O–H groups in total. The van der Waals surface area contributed by atoms with Crippen molar-refractivity contribution in [1.82, 2.24) is 34.9 Å². The normalized spacial score (nSPS) is 18.6.